The third kappa shape index (κ3) is 3.49. The first-order valence-corrected chi connectivity index (χ1v) is 8.51. The number of halogens is 2. The highest BCUT2D eigenvalue weighted by Gasteiger charge is 2.25. The Bertz CT molecular complexity index is 626. The van der Waals surface area contributed by atoms with Gasteiger partial charge in [-0.1, -0.05) is 69.0 Å². The lowest BCUT2D eigenvalue weighted by molar-refractivity contribution is 0.365. The van der Waals surface area contributed by atoms with E-state index in [0.29, 0.717) is 21.9 Å². The molecular formula is C18H23Cl2NO. The molecule has 4 heteroatoms. The normalized spacial score (nSPS) is 13.1. The van der Waals surface area contributed by atoms with E-state index in [1.54, 1.807) is 0 Å². The first-order valence-electron chi connectivity index (χ1n) is 7.75. The van der Waals surface area contributed by atoms with Crippen LogP contribution in [0.5, 0.6) is 0 Å². The van der Waals surface area contributed by atoms with Crippen molar-refractivity contribution in [3.05, 3.63) is 39.6 Å². The lowest BCUT2D eigenvalue weighted by Gasteiger charge is -2.17. The van der Waals surface area contributed by atoms with Crippen LogP contribution in [0.25, 0.3) is 11.3 Å². The second-order valence-corrected chi connectivity index (χ2v) is 7.37. The van der Waals surface area contributed by atoms with Crippen LogP contribution in [0.1, 0.15) is 51.9 Å². The average molecular weight is 340 g/mol. The Labute approximate surface area is 142 Å². The van der Waals surface area contributed by atoms with E-state index < -0.39 is 0 Å². The molecule has 1 aromatic heterocycles. The van der Waals surface area contributed by atoms with Gasteiger partial charge in [-0.3, -0.25) is 0 Å². The number of aromatic nitrogens is 1. The van der Waals surface area contributed by atoms with Gasteiger partial charge in [0.1, 0.15) is 11.5 Å². The zero-order valence-electron chi connectivity index (χ0n) is 13.8. The van der Waals surface area contributed by atoms with E-state index >= 15 is 0 Å². The number of benzene rings is 1. The Morgan fingerprint density at radius 2 is 1.64 bits per heavy atom. The van der Waals surface area contributed by atoms with Crippen molar-refractivity contribution >= 4 is 23.2 Å². The fourth-order valence-electron chi connectivity index (χ4n) is 2.45. The fourth-order valence-corrected chi connectivity index (χ4v) is 3.03. The van der Waals surface area contributed by atoms with Crippen LogP contribution in [0.4, 0.5) is 0 Å². The van der Waals surface area contributed by atoms with Crippen molar-refractivity contribution in [3.8, 4) is 11.3 Å². The van der Waals surface area contributed by atoms with Crippen LogP contribution in [0.2, 0.25) is 10.0 Å². The summed E-state index contributed by atoms with van der Waals surface area (Å²) in [6.07, 6.45) is 0.908. The second kappa shape index (κ2) is 7.06. The summed E-state index contributed by atoms with van der Waals surface area (Å²) < 4.78 is 5.63. The molecule has 0 fully saturated rings. The quantitative estimate of drug-likeness (QED) is 0.612. The molecule has 0 N–H and O–H groups in total. The van der Waals surface area contributed by atoms with Gasteiger partial charge in [0.05, 0.1) is 10.0 Å². The summed E-state index contributed by atoms with van der Waals surface area (Å²) in [7, 11) is 0. The molecule has 0 aliphatic carbocycles. The van der Waals surface area contributed by atoms with Crippen LogP contribution in [0.15, 0.2) is 22.7 Å². The van der Waals surface area contributed by atoms with E-state index in [-0.39, 0.29) is 5.92 Å². The van der Waals surface area contributed by atoms with Crippen LogP contribution < -0.4 is 0 Å². The van der Waals surface area contributed by atoms with Crippen molar-refractivity contribution in [2.75, 3.05) is 0 Å². The van der Waals surface area contributed by atoms with Gasteiger partial charge >= 0.3 is 0 Å². The minimum atomic E-state index is 0.275. The number of hydrogen-bond acceptors (Lipinski definition) is 2. The summed E-state index contributed by atoms with van der Waals surface area (Å²) in [5.74, 6) is 2.32. The van der Waals surface area contributed by atoms with Crippen LogP contribution in [0.3, 0.4) is 0 Å². The van der Waals surface area contributed by atoms with Gasteiger partial charge in [-0.25, -0.2) is 0 Å². The largest absolute Gasteiger partial charge is 0.360 e. The lowest BCUT2D eigenvalue weighted by atomic mass is 9.87. The highest BCUT2D eigenvalue weighted by Crippen LogP contribution is 2.39. The van der Waals surface area contributed by atoms with Gasteiger partial charge in [0.2, 0.25) is 0 Å². The smallest absolute Gasteiger partial charge is 0.143 e. The molecule has 0 aliphatic rings. The third-order valence-corrected chi connectivity index (χ3v) is 4.84. The van der Waals surface area contributed by atoms with Gasteiger partial charge in [0.15, 0.2) is 0 Å². The maximum atomic E-state index is 6.36. The van der Waals surface area contributed by atoms with Crippen molar-refractivity contribution in [2.24, 2.45) is 11.8 Å². The molecule has 1 atom stereocenters. The Morgan fingerprint density at radius 3 is 2.14 bits per heavy atom. The molecular weight excluding hydrogens is 317 g/mol. The van der Waals surface area contributed by atoms with Gasteiger partial charge in [0.25, 0.3) is 0 Å². The van der Waals surface area contributed by atoms with E-state index in [4.69, 9.17) is 27.7 Å². The molecule has 0 spiro atoms. The Kier molecular flexibility index (Phi) is 5.57. The fraction of sp³-hybridized carbons (Fsp3) is 0.500. The second-order valence-electron chi connectivity index (χ2n) is 6.55. The molecule has 0 saturated carbocycles. The molecule has 0 aliphatic heterocycles. The van der Waals surface area contributed by atoms with Crippen molar-refractivity contribution in [2.45, 2.75) is 47.0 Å². The maximum Gasteiger partial charge on any atom is 0.143 e. The molecule has 2 rings (SSSR count). The highest BCUT2D eigenvalue weighted by atomic mass is 35.5. The maximum absolute atomic E-state index is 6.36. The number of nitrogens with zero attached hydrogens (tertiary/aromatic N) is 1. The zero-order chi connectivity index (χ0) is 16.4. The van der Waals surface area contributed by atoms with E-state index in [2.05, 4.69) is 39.8 Å². The minimum absolute atomic E-state index is 0.275. The summed E-state index contributed by atoms with van der Waals surface area (Å²) in [4.78, 5) is 0. The predicted octanol–water partition coefficient (Wildman–Crippen LogP) is 6.61. The molecule has 2 aromatic rings. The Balaban J connectivity index is 2.57. The van der Waals surface area contributed by atoms with E-state index in [9.17, 15) is 0 Å². The minimum Gasteiger partial charge on any atom is -0.360 e. The van der Waals surface area contributed by atoms with Crippen molar-refractivity contribution in [1.29, 1.82) is 0 Å². The van der Waals surface area contributed by atoms with Crippen LogP contribution >= 0.6 is 23.2 Å². The molecule has 1 aromatic carbocycles. The lowest BCUT2D eigenvalue weighted by Crippen LogP contribution is -2.09. The van der Waals surface area contributed by atoms with Gasteiger partial charge < -0.3 is 4.52 Å². The average Bonchev–Trinajstić information content (AvgIpc) is 2.82. The van der Waals surface area contributed by atoms with Crippen LogP contribution in [0, 0.1) is 11.8 Å². The van der Waals surface area contributed by atoms with Gasteiger partial charge in [0, 0.05) is 17.0 Å². The first-order chi connectivity index (χ1) is 10.3. The van der Waals surface area contributed by atoms with Crippen LogP contribution in [-0.2, 0) is 6.42 Å². The topological polar surface area (TPSA) is 26.0 Å². The molecule has 120 valence electrons. The summed E-state index contributed by atoms with van der Waals surface area (Å²) >= 11 is 12.7. The third-order valence-electron chi connectivity index (χ3n) is 4.21. The molecule has 1 heterocycles. The summed E-state index contributed by atoms with van der Waals surface area (Å²) in [6, 6.07) is 5.51. The monoisotopic (exact) mass is 339 g/mol. The number of rotatable bonds is 5. The molecule has 0 saturated heterocycles. The van der Waals surface area contributed by atoms with E-state index in [1.165, 1.54) is 0 Å². The highest BCUT2D eigenvalue weighted by molar-refractivity contribution is 6.39. The van der Waals surface area contributed by atoms with Crippen LogP contribution in [-0.4, -0.2) is 5.16 Å². The zero-order valence-corrected chi connectivity index (χ0v) is 15.3. The summed E-state index contributed by atoms with van der Waals surface area (Å²) in [6.45, 7) is 10.9. The Hall–Kier alpha value is -0.990. The molecule has 2 nitrogen and oxygen atoms in total. The van der Waals surface area contributed by atoms with Gasteiger partial charge in [-0.2, -0.15) is 0 Å². The van der Waals surface area contributed by atoms with E-state index in [1.807, 2.05) is 18.2 Å². The molecule has 22 heavy (non-hydrogen) atoms. The summed E-state index contributed by atoms with van der Waals surface area (Å²) in [5.41, 5.74) is 2.69. The van der Waals surface area contributed by atoms with Crippen molar-refractivity contribution in [3.63, 3.8) is 0 Å². The van der Waals surface area contributed by atoms with Crippen molar-refractivity contribution < 1.29 is 4.52 Å². The molecule has 0 radical (unpaired) electrons. The molecule has 0 bridgehead atoms. The van der Waals surface area contributed by atoms with Crippen molar-refractivity contribution in [1.82, 2.24) is 5.16 Å². The predicted molar refractivity (Wildman–Crippen MR) is 93.8 cm³/mol. The molecule has 0 amide bonds. The SMILES string of the molecule is CC(C)c1onc(-c2c(Cl)cccc2Cl)c1CC(C)C(C)C. The first kappa shape index (κ1) is 17.4. The Morgan fingerprint density at radius 1 is 1.05 bits per heavy atom. The summed E-state index contributed by atoms with van der Waals surface area (Å²) in [5, 5.41) is 5.51. The van der Waals surface area contributed by atoms with Gasteiger partial charge in [-0.05, 0) is 30.4 Å². The molecule has 1 unspecified atom stereocenters. The van der Waals surface area contributed by atoms with Gasteiger partial charge in [-0.15, -0.1) is 0 Å². The number of hydrogen-bond donors (Lipinski definition) is 0. The van der Waals surface area contributed by atoms with E-state index in [0.717, 1.165) is 29.0 Å². The standard InChI is InChI=1S/C18H23Cl2NO/c1-10(2)12(5)9-13-17(21-22-18(13)11(3)4)16-14(19)7-6-8-15(16)20/h6-8,10-12H,9H2,1-5H3.